The van der Waals surface area contributed by atoms with Gasteiger partial charge in [-0.2, -0.15) is 0 Å². The average molecular weight is 338 g/mol. The number of amides is 1. The highest BCUT2D eigenvalue weighted by Crippen LogP contribution is 2.14. The van der Waals surface area contributed by atoms with Crippen molar-refractivity contribution in [1.29, 1.82) is 0 Å². The van der Waals surface area contributed by atoms with Gasteiger partial charge in [0.2, 0.25) is 0 Å². The molecule has 1 N–H and O–H groups in total. The lowest BCUT2D eigenvalue weighted by molar-refractivity contribution is -0.148. The van der Waals surface area contributed by atoms with E-state index in [1.807, 2.05) is 35.7 Å². The Balaban J connectivity index is 1.65. The van der Waals surface area contributed by atoms with E-state index in [1.165, 1.54) is 0 Å². The molecule has 2 rings (SSSR count). The third-order valence-corrected chi connectivity index (χ3v) is 4.26. The molecule has 2 aromatic rings. The van der Waals surface area contributed by atoms with Crippen molar-refractivity contribution in [3.05, 3.63) is 57.2 Å². The number of ether oxygens (including phenoxy) is 1. The predicted octanol–water partition coefficient (Wildman–Crippen LogP) is 3.19. The molecule has 0 saturated carbocycles. The minimum atomic E-state index is -0.374. The van der Waals surface area contributed by atoms with Crippen LogP contribution in [0.2, 0.25) is 5.02 Å². The Morgan fingerprint density at radius 3 is 2.73 bits per heavy atom. The molecule has 0 spiro atoms. The van der Waals surface area contributed by atoms with Gasteiger partial charge in [0.1, 0.15) is 0 Å². The van der Waals surface area contributed by atoms with Gasteiger partial charge in [-0.15, -0.1) is 11.3 Å². The third kappa shape index (κ3) is 5.50. The van der Waals surface area contributed by atoms with Crippen molar-refractivity contribution >= 4 is 34.8 Å². The van der Waals surface area contributed by atoms with E-state index in [-0.39, 0.29) is 24.9 Å². The molecule has 1 aromatic heterocycles. The molecule has 0 aliphatic heterocycles. The topological polar surface area (TPSA) is 55.4 Å². The van der Waals surface area contributed by atoms with E-state index < -0.39 is 0 Å². The number of carbonyl (C=O) groups excluding carboxylic acids is 2. The second-order valence-corrected chi connectivity index (χ2v) is 6.05. The van der Waals surface area contributed by atoms with Crippen LogP contribution in [0.3, 0.4) is 0 Å². The molecule has 116 valence electrons. The monoisotopic (exact) mass is 337 g/mol. The van der Waals surface area contributed by atoms with E-state index in [1.54, 1.807) is 17.4 Å². The second kappa shape index (κ2) is 8.56. The fourth-order valence-corrected chi connectivity index (χ4v) is 2.70. The Bertz CT molecular complexity index is 628. The van der Waals surface area contributed by atoms with Gasteiger partial charge in [-0.3, -0.25) is 9.59 Å². The quantitative estimate of drug-likeness (QED) is 0.789. The van der Waals surface area contributed by atoms with Crippen LogP contribution in [0.15, 0.2) is 41.8 Å². The van der Waals surface area contributed by atoms with Crippen LogP contribution < -0.4 is 5.32 Å². The molecular formula is C16H16ClNO3S. The van der Waals surface area contributed by atoms with Gasteiger partial charge in [-0.1, -0.05) is 35.9 Å². The Morgan fingerprint density at radius 1 is 1.18 bits per heavy atom. The standard InChI is InChI=1S/C16H16ClNO3S/c17-14-6-2-1-4-12(14)10-18-15(19)11-21-16(20)8-7-13-5-3-9-22-13/h1-6,9H,7-8,10-11H2,(H,18,19). The van der Waals surface area contributed by atoms with Crippen molar-refractivity contribution in [2.24, 2.45) is 0 Å². The maximum Gasteiger partial charge on any atom is 0.306 e. The normalized spacial score (nSPS) is 10.2. The minimum absolute atomic E-state index is 0.270. The molecule has 0 saturated heterocycles. The fourth-order valence-electron chi connectivity index (χ4n) is 1.78. The summed E-state index contributed by atoms with van der Waals surface area (Å²) in [5, 5.41) is 5.22. The summed E-state index contributed by atoms with van der Waals surface area (Å²) in [5.41, 5.74) is 0.821. The number of hydrogen-bond donors (Lipinski definition) is 1. The maximum atomic E-state index is 11.6. The van der Waals surface area contributed by atoms with Crippen LogP contribution >= 0.6 is 22.9 Å². The second-order valence-electron chi connectivity index (χ2n) is 4.61. The van der Waals surface area contributed by atoms with Gasteiger partial charge in [-0.05, 0) is 29.5 Å². The first-order chi connectivity index (χ1) is 10.6. The molecule has 0 fully saturated rings. The van der Waals surface area contributed by atoms with Crippen LogP contribution in [0, 0.1) is 0 Å². The van der Waals surface area contributed by atoms with E-state index >= 15 is 0 Å². The SMILES string of the molecule is O=C(COC(=O)CCc1cccs1)NCc1ccccc1Cl. The molecule has 4 nitrogen and oxygen atoms in total. The summed E-state index contributed by atoms with van der Waals surface area (Å²) in [6.07, 6.45) is 0.913. The number of aryl methyl sites for hydroxylation is 1. The van der Waals surface area contributed by atoms with Gasteiger partial charge in [0.25, 0.3) is 5.91 Å². The lowest BCUT2D eigenvalue weighted by atomic mass is 10.2. The van der Waals surface area contributed by atoms with Crippen molar-refractivity contribution in [3.8, 4) is 0 Å². The van der Waals surface area contributed by atoms with Gasteiger partial charge >= 0.3 is 5.97 Å². The van der Waals surface area contributed by atoms with Crippen molar-refractivity contribution in [2.45, 2.75) is 19.4 Å². The number of hydrogen-bond acceptors (Lipinski definition) is 4. The van der Waals surface area contributed by atoms with Crippen molar-refractivity contribution in [3.63, 3.8) is 0 Å². The van der Waals surface area contributed by atoms with E-state index in [4.69, 9.17) is 16.3 Å². The smallest absolute Gasteiger partial charge is 0.306 e. The highest BCUT2D eigenvalue weighted by molar-refractivity contribution is 7.09. The lowest BCUT2D eigenvalue weighted by Gasteiger charge is -2.07. The van der Waals surface area contributed by atoms with Crippen LogP contribution in [-0.4, -0.2) is 18.5 Å². The zero-order valence-corrected chi connectivity index (χ0v) is 13.5. The number of halogens is 1. The fraction of sp³-hybridized carbons (Fsp3) is 0.250. The number of carbonyl (C=O) groups is 2. The summed E-state index contributed by atoms with van der Waals surface area (Å²) < 4.78 is 4.94. The Morgan fingerprint density at radius 2 is 2.00 bits per heavy atom. The molecule has 1 aromatic carbocycles. The zero-order chi connectivity index (χ0) is 15.8. The number of benzene rings is 1. The average Bonchev–Trinajstić information content (AvgIpc) is 3.03. The third-order valence-electron chi connectivity index (χ3n) is 2.95. The molecule has 1 amide bonds. The highest BCUT2D eigenvalue weighted by atomic mass is 35.5. The van der Waals surface area contributed by atoms with E-state index in [0.717, 1.165) is 10.4 Å². The number of nitrogens with one attached hydrogen (secondary N) is 1. The molecule has 0 aliphatic carbocycles. The minimum Gasteiger partial charge on any atom is -0.456 e. The number of esters is 1. The molecule has 0 atom stereocenters. The van der Waals surface area contributed by atoms with Crippen LogP contribution in [0.1, 0.15) is 16.9 Å². The summed E-state index contributed by atoms with van der Waals surface area (Å²) >= 11 is 7.59. The first kappa shape index (κ1) is 16.5. The van der Waals surface area contributed by atoms with Gasteiger partial charge < -0.3 is 10.1 Å². The van der Waals surface area contributed by atoms with Gasteiger partial charge in [-0.25, -0.2) is 0 Å². The van der Waals surface area contributed by atoms with Gasteiger partial charge in [0.15, 0.2) is 6.61 Å². The summed E-state index contributed by atoms with van der Waals surface area (Å²) in [4.78, 5) is 24.3. The first-order valence-electron chi connectivity index (χ1n) is 6.83. The Labute approximate surface area is 138 Å². The van der Waals surface area contributed by atoms with Crippen molar-refractivity contribution in [2.75, 3.05) is 6.61 Å². The molecule has 0 bridgehead atoms. The summed E-state index contributed by atoms with van der Waals surface area (Å²) in [6, 6.07) is 11.2. The predicted molar refractivity (Wildman–Crippen MR) is 86.9 cm³/mol. The first-order valence-corrected chi connectivity index (χ1v) is 8.09. The summed E-state index contributed by atoms with van der Waals surface area (Å²) in [7, 11) is 0. The molecular weight excluding hydrogens is 322 g/mol. The molecule has 0 unspecified atom stereocenters. The number of thiophene rings is 1. The van der Waals surface area contributed by atoms with E-state index in [0.29, 0.717) is 18.0 Å². The Kier molecular flexibility index (Phi) is 6.43. The van der Waals surface area contributed by atoms with E-state index in [2.05, 4.69) is 5.32 Å². The molecule has 1 heterocycles. The molecule has 0 aliphatic rings. The van der Waals surface area contributed by atoms with E-state index in [9.17, 15) is 9.59 Å². The van der Waals surface area contributed by atoms with Crippen LogP contribution in [0.5, 0.6) is 0 Å². The lowest BCUT2D eigenvalue weighted by Crippen LogP contribution is -2.28. The zero-order valence-electron chi connectivity index (χ0n) is 11.9. The van der Waals surface area contributed by atoms with Gasteiger partial charge in [0.05, 0.1) is 6.42 Å². The van der Waals surface area contributed by atoms with Crippen molar-refractivity contribution < 1.29 is 14.3 Å². The maximum absolute atomic E-state index is 11.6. The molecule has 22 heavy (non-hydrogen) atoms. The summed E-state index contributed by atoms with van der Waals surface area (Å²) in [6.45, 7) is 0.0407. The molecule has 0 radical (unpaired) electrons. The van der Waals surface area contributed by atoms with Gasteiger partial charge in [0, 0.05) is 16.4 Å². The highest BCUT2D eigenvalue weighted by Gasteiger charge is 2.08. The van der Waals surface area contributed by atoms with Crippen LogP contribution in [-0.2, 0) is 27.3 Å². The Hall–Kier alpha value is -1.85. The molecule has 6 heteroatoms. The number of rotatable bonds is 7. The summed E-state index contributed by atoms with van der Waals surface area (Å²) in [5.74, 6) is -0.717. The van der Waals surface area contributed by atoms with Crippen LogP contribution in [0.25, 0.3) is 0 Å². The van der Waals surface area contributed by atoms with Crippen LogP contribution in [0.4, 0.5) is 0 Å². The van der Waals surface area contributed by atoms with Crippen molar-refractivity contribution in [1.82, 2.24) is 5.32 Å². The largest absolute Gasteiger partial charge is 0.456 e.